The van der Waals surface area contributed by atoms with Crippen LogP contribution in [0.5, 0.6) is 0 Å². The van der Waals surface area contributed by atoms with Gasteiger partial charge in [0, 0.05) is 48.3 Å². The van der Waals surface area contributed by atoms with Crippen molar-refractivity contribution in [1.29, 1.82) is 0 Å². The van der Waals surface area contributed by atoms with Gasteiger partial charge in [-0.3, -0.25) is 0 Å². The van der Waals surface area contributed by atoms with Crippen molar-refractivity contribution < 1.29 is 17.2 Å². The summed E-state index contributed by atoms with van der Waals surface area (Å²) in [5, 5.41) is 0.658. The van der Waals surface area contributed by atoms with Crippen molar-refractivity contribution in [2.45, 2.75) is 0 Å². The number of anilines is 1. The minimum atomic E-state index is -3.06. The van der Waals surface area contributed by atoms with Gasteiger partial charge >= 0.3 is 0 Å². The van der Waals surface area contributed by atoms with Crippen LogP contribution in [0.1, 0.15) is 0 Å². The zero-order valence-electron chi connectivity index (χ0n) is 11.7. The van der Waals surface area contributed by atoms with Gasteiger partial charge in [0.15, 0.2) is 0 Å². The molecular weight excluding hydrogens is 334 g/mol. The fourth-order valence-corrected chi connectivity index (χ4v) is 4.03. The number of halogens is 3. The van der Waals surface area contributed by atoms with E-state index in [4.69, 9.17) is 11.6 Å². The van der Waals surface area contributed by atoms with Gasteiger partial charge < -0.3 is 4.90 Å². The molecule has 1 saturated heterocycles. The average Bonchev–Trinajstić information content (AvgIpc) is 2.34. The summed E-state index contributed by atoms with van der Waals surface area (Å²) in [4.78, 5) is 5.58. The molecule has 2 aromatic rings. The summed E-state index contributed by atoms with van der Waals surface area (Å²) in [5.74, 6) is -1.37. The van der Waals surface area contributed by atoms with E-state index in [9.17, 15) is 17.2 Å². The van der Waals surface area contributed by atoms with Gasteiger partial charge in [0.1, 0.15) is 26.6 Å². The Kier molecular flexibility index (Phi) is 3.72. The van der Waals surface area contributed by atoms with E-state index in [0.29, 0.717) is 18.5 Å². The number of sulfone groups is 1. The molecule has 1 aromatic carbocycles. The number of nitrogens with zero attached hydrogens (tertiary/aromatic N) is 2. The molecule has 118 valence electrons. The molecule has 0 unspecified atom stereocenters. The highest BCUT2D eigenvalue weighted by atomic mass is 35.5. The molecule has 22 heavy (non-hydrogen) atoms. The monoisotopic (exact) mass is 346 g/mol. The van der Waals surface area contributed by atoms with Gasteiger partial charge in [-0.2, -0.15) is 0 Å². The maximum atomic E-state index is 14.2. The van der Waals surface area contributed by atoms with Crippen LogP contribution in [0.3, 0.4) is 0 Å². The highest BCUT2D eigenvalue weighted by Crippen LogP contribution is 2.36. The third-order valence-corrected chi connectivity index (χ3v) is 4.96. The van der Waals surface area contributed by atoms with Crippen molar-refractivity contribution in [3.8, 4) is 0 Å². The van der Waals surface area contributed by atoms with E-state index < -0.39 is 21.5 Å². The van der Waals surface area contributed by atoms with Crippen LogP contribution in [0, 0.1) is 17.6 Å². The smallest absolute Gasteiger partial charge is 0.150 e. The number of fused-ring (bicyclic) bond motifs is 1. The Balaban J connectivity index is 1.96. The SMILES string of the molecule is CS(=O)(=O)CC1CN(c2c(F)cc(F)c3cc(Cl)ncc23)C1. The third-order valence-electron chi connectivity index (χ3n) is 3.67. The van der Waals surface area contributed by atoms with Crippen LogP contribution in [0.4, 0.5) is 14.5 Å². The molecular formula is C14H13ClF2N2O2S. The highest BCUT2D eigenvalue weighted by molar-refractivity contribution is 7.90. The number of hydrogen-bond donors (Lipinski definition) is 0. The maximum absolute atomic E-state index is 14.2. The Morgan fingerprint density at radius 2 is 1.95 bits per heavy atom. The van der Waals surface area contributed by atoms with Crippen LogP contribution in [0.2, 0.25) is 5.15 Å². The van der Waals surface area contributed by atoms with Crippen molar-refractivity contribution >= 4 is 37.9 Å². The molecule has 0 radical (unpaired) electrons. The molecule has 4 nitrogen and oxygen atoms in total. The third kappa shape index (κ3) is 2.87. The van der Waals surface area contributed by atoms with Crippen molar-refractivity contribution in [1.82, 2.24) is 4.98 Å². The second-order valence-corrected chi connectivity index (χ2v) is 8.18. The van der Waals surface area contributed by atoms with Crippen molar-refractivity contribution in [2.75, 3.05) is 30.0 Å². The highest BCUT2D eigenvalue weighted by Gasteiger charge is 2.32. The van der Waals surface area contributed by atoms with Gasteiger partial charge in [-0.05, 0) is 6.07 Å². The fourth-order valence-electron chi connectivity index (χ4n) is 2.81. The average molecular weight is 347 g/mol. The molecule has 0 atom stereocenters. The summed E-state index contributed by atoms with van der Waals surface area (Å²) < 4.78 is 50.6. The van der Waals surface area contributed by atoms with Crippen LogP contribution in [0.25, 0.3) is 10.8 Å². The number of hydrogen-bond acceptors (Lipinski definition) is 4. The molecule has 0 N–H and O–H groups in total. The summed E-state index contributed by atoms with van der Waals surface area (Å²) in [5.41, 5.74) is 0.241. The first-order valence-electron chi connectivity index (χ1n) is 6.60. The lowest BCUT2D eigenvalue weighted by molar-refractivity contribution is 0.438. The molecule has 8 heteroatoms. The van der Waals surface area contributed by atoms with Crippen molar-refractivity contribution in [3.05, 3.63) is 35.1 Å². The standard InChI is InChI=1S/C14H13ClF2N2O2S/c1-22(20,21)7-8-5-19(6-8)14-10-4-18-13(15)2-9(10)11(16)3-12(14)17/h2-4,8H,5-7H2,1H3. The molecule has 0 spiro atoms. The van der Waals surface area contributed by atoms with Gasteiger partial charge in [-0.1, -0.05) is 11.6 Å². The first-order chi connectivity index (χ1) is 10.2. The molecule has 1 aliphatic rings. The largest absolute Gasteiger partial charge is 0.368 e. The van der Waals surface area contributed by atoms with Gasteiger partial charge in [0.25, 0.3) is 0 Å². The van der Waals surface area contributed by atoms with E-state index in [1.165, 1.54) is 18.5 Å². The summed E-state index contributed by atoms with van der Waals surface area (Å²) in [6.45, 7) is 0.820. The molecule has 1 aliphatic heterocycles. The zero-order valence-corrected chi connectivity index (χ0v) is 13.3. The Morgan fingerprint density at radius 3 is 2.59 bits per heavy atom. The summed E-state index contributed by atoms with van der Waals surface area (Å²) in [6.07, 6.45) is 2.51. The normalized spacial score (nSPS) is 16.1. The number of benzene rings is 1. The molecule has 0 aliphatic carbocycles. The molecule has 1 fully saturated rings. The zero-order chi connectivity index (χ0) is 16.1. The lowest BCUT2D eigenvalue weighted by Crippen LogP contribution is -2.50. The van der Waals surface area contributed by atoms with Crippen LogP contribution < -0.4 is 4.90 Å². The quantitative estimate of drug-likeness (QED) is 0.802. The molecule has 0 saturated carbocycles. The fraction of sp³-hybridized carbons (Fsp3) is 0.357. The Morgan fingerprint density at radius 1 is 1.27 bits per heavy atom. The minimum Gasteiger partial charge on any atom is -0.368 e. The Bertz CT molecular complexity index is 852. The topological polar surface area (TPSA) is 50.3 Å². The molecule has 3 rings (SSSR count). The molecule has 0 bridgehead atoms. The number of aromatic nitrogens is 1. The summed E-state index contributed by atoms with van der Waals surface area (Å²) in [6, 6.07) is 2.17. The lowest BCUT2D eigenvalue weighted by Gasteiger charge is -2.41. The van der Waals surface area contributed by atoms with Crippen molar-refractivity contribution in [2.24, 2.45) is 5.92 Å². The second-order valence-electron chi connectivity index (χ2n) is 5.60. The Hall–Kier alpha value is -1.47. The predicted molar refractivity (Wildman–Crippen MR) is 82.1 cm³/mol. The van der Waals surface area contributed by atoms with Crippen molar-refractivity contribution in [3.63, 3.8) is 0 Å². The van der Waals surface area contributed by atoms with Crippen LogP contribution >= 0.6 is 11.6 Å². The van der Waals surface area contributed by atoms with Crippen LogP contribution in [-0.4, -0.2) is 38.5 Å². The lowest BCUT2D eigenvalue weighted by atomic mass is 9.99. The minimum absolute atomic E-state index is 0.0465. The first-order valence-corrected chi connectivity index (χ1v) is 9.04. The van der Waals surface area contributed by atoms with Gasteiger partial charge in [0.05, 0.1) is 11.4 Å². The van der Waals surface area contributed by atoms with Gasteiger partial charge in [-0.15, -0.1) is 0 Å². The summed E-state index contributed by atoms with van der Waals surface area (Å²) in [7, 11) is -3.06. The maximum Gasteiger partial charge on any atom is 0.150 e. The predicted octanol–water partition coefficient (Wildman–Crippen LogP) is 2.65. The first kappa shape index (κ1) is 15.4. The van der Waals surface area contributed by atoms with E-state index in [1.54, 1.807) is 4.90 Å². The van der Waals surface area contributed by atoms with E-state index >= 15 is 0 Å². The van der Waals surface area contributed by atoms with E-state index in [-0.39, 0.29) is 27.9 Å². The van der Waals surface area contributed by atoms with E-state index in [1.807, 2.05) is 0 Å². The van der Waals surface area contributed by atoms with E-state index in [2.05, 4.69) is 4.98 Å². The molecule has 0 amide bonds. The number of pyridine rings is 1. The van der Waals surface area contributed by atoms with Crippen LogP contribution in [-0.2, 0) is 9.84 Å². The van der Waals surface area contributed by atoms with Gasteiger partial charge in [-0.25, -0.2) is 22.2 Å². The van der Waals surface area contributed by atoms with Gasteiger partial charge in [0.2, 0.25) is 0 Å². The summed E-state index contributed by atoms with van der Waals surface area (Å²) >= 11 is 5.75. The van der Waals surface area contributed by atoms with Crippen LogP contribution in [0.15, 0.2) is 18.3 Å². The second kappa shape index (κ2) is 5.31. The van der Waals surface area contributed by atoms with E-state index in [0.717, 1.165) is 6.07 Å². The molecule has 2 heterocycles. The molecule has 1 aromatic heterocycles. The number of rotatable bonds is 3. The Labute approximate surface area is 131 Å².